The van der Waals surface area contributed by atoms with Gasteiger partial charge in [0.2, 0.25) is 10.0 Å². The normalized spacial score (nSPS) is 13.4. The Labute approximate surface area is 144 Å². The molecule has 1 aromatic rings. The summed E-state index contributed by atoms with van der Waals surface area (Å²) in [7, 11) is -1.81. The number of rotatable bonds is 9. The Morgan fingerprint density at radius 2 is 1.96 bits per heavy atom. The van der Waals surface area contributed by atoms with Crippen LogP contribution in [0, 0.1) is 0 Å². The van der Waals surface area contributed by atoms with Gasteiger partial charge in [0, 0.05) is 19.6 Å². The minimum absolute atomic E-state index is 0.125. The van der Waals surface area contributed by atoms with Crippen molar-refractivity contribution >= 4 is 16.0 Å². The van der Waals surface area contributed by atoms with Crippen LogP contribution in [0.15, 0.2) is 29.3 Å². The number of hydrogen-bond donors (Lipinski definition) is 3. The zero-order valence-corrected chi connectivity index (χ0v) is 15.4. The van der Waals surface area contributed by atoms with Crippen LogP contribution in [0.5, 0.6) is 5.75 Å². The predicted molar refractivity (Wildman–Crippen MR) is 98.0 cm³/mol. The highest BCUT2D eigenvalue weighted by atomic mass is 32.2. The monoisotopic (exact) mass is 356 g/mol. The van der Waals surface area contributed by atoms with Gasteiger partial charge in [-0.15, -0.1) is 0 Å². The molecule has 0 saturated heterocycles. The third-order valence-electron chi connectivity index (χ3n) is 3.54. The van der Waals surface area contributed by atoms with Gasteiger partial charge in [-0.05, 0) is 37.0 Å². The summed E-state index contributed by atoms with van der Waals surface area (Å²) < 4.78 is 27.0. The molecule has 1 rings (SSSR count). The smallest absolute Gasteiger partial charge is 0.210 e. The number of guanidine groups is 1. The summed E-state index contributed by atoms with van der Waals surface area (Å²) in [6, 6.07) is 8.02. The molecule has 0 bridgehead atoms. The van der Waals surface area contributed by atoms with Crippen molar-refractivity contribution in [1.82, 2.24) is 10.6 Å². The quantitative estimate of drug-likeness (QED) is 0.453. The van der Waals surface area contributed by atoms with Crippen LogP contribution in [-0.2, 0) is 10.0 Å². The van der Waals surface area contributed by atoms with E-state index in [1.165, 1.54) is 5.56 Å². The van der Waals surface area contributed by atoms with E-state index in [1.807, 2.05) is 19.1 Å². The average molecular weight is 356 g/mol. The maximum Gasteiger partial charge on any atom is 0.210 e. The van der Waals surface area contributed by atoms with Gasteiger partial charge in [0.1, 0.15) is 5.75 Å². The lowest BCUT2D eigenvalue weighted by molar-refractivity contribution is 0.414. The summed E-state index contributed by atoms with van der Waals surface area (Å²) in [5.41, 5.74) is 1.23. The van der Waals surface area contributed by atoms with E-state index in [4.69, 9.17) is 9.88 Å². The third kappa shape index (κ3) is 8.16. The van der Waals surface area contributed by atoms with Crippen molar-refractivity contribution in [3.63, 3.8) is 0 Å². The highest BCUT2D eigenvalue weighted by Crippen LogP contribution is 2.21. The lowest BCUT2D eigenvalue weighted by Gasteiger charge is -2.13. The molecular weight excluding hydrogens is 328 g/mol. The van der Waals surface area contributed by atoms with E-state index in [0.29, 0.717) is 25.0 Å². The molecule has 1 unspecified atom stereocenters. The summed E-state index contributed by atoms with van der Waals surface area (Å²) in [4.78, 5) is 4.47. The molecule has 0 spiro atoms. The molecule has 1 atom stereocenters. The van der Waals surface area contributed by atoms with Gasteiger partial charge in [-0.2, -0.15) is 0 Å². The highest BCUT2D eigenvalue weighted by Gasteiger charge is 2.07. The highest BCUT2D eigenvalue weighted by molar-refractivity contribution is 7.89. The lowest BCUT2D eigenvalue weighted by atomic mass is 9.98. The van der Waals surface area contributed by atoms with E-state index in [2.05, 4.69) is 34.7 Å². The first-order valence-corrected chi connectivity index (χ1v) is 9.74. The zero-order valence-electron chi connectivity index (χ0n) is 14.6. The fourth-order valence-corrected chi connectivity index (χ4v) is 2.51. The average Bonchev–Trinajstić information content (AvgIpc) is 2.53. The molecule has 4 N–H and O–H groups in total. The number of hydrogen-bond acceptors (Lipinski definition) is 4. The molecule has 0 aliphatic carbocycles. The minimum atomic E-state index is -3.47. The number of benzene rings is 1. The van der Waals surface area contributed by atoms with Crippen LogP contribution in [0.4, 0.5) is 0 Å². The topological polar surface area (TPSA) is 106 Å². The zero-order chi connectivity index (χ0) is 18.0. The van der Waals surface area contributed by atoms with Crippen LogP contribution in [-0.4, -0.2) is 46.9 Å². The van der Waals surface area contributed by atoms with E-state index in [1.54, 1.807) is 7.11 Å². The van der Waals surface area contributed by atoms with E-state index in [0.717, 1.165) is 12.2 Å². The molecule has 1 aromatic carbocycles. The molecular formula is C16H28N4O3S. The van der Waals surface area contributed by atoms with Crippen LogP contribution in [0.2, 0.25) is 0 Å². The van der Waals surface area contributed by atoms with Crippen LogP contribution in [0.3, 0.4) is 0 Å². The van der Waals surface area contributed by atoms with E-state index in [9.17, 15) is 8.42 Å². The van der Waals surface area contributed by atoms with Gasteiger partial charge in [0.15, 0.2) is 5.96 Å². The van der Waals surface area contributed by atoms with Crippen molar-refractivity contribution in [2.75, 3.05) is 32.5 Å². The van der Waals surface area contributed by atoms with Gasteiger partial charge in [0.25, 0.3) is 0 Å². The summed E-state index contributed by atoms with van der Waals surface area (Å²) in [5, 5.41) is 11.0. The molecule has 0 heterocycles. The Kier molecular flexibility index (Phi) is 8.56. The van der Waals surface area contributed by atoms with E-state index < -0.39 is 10.0 Å². The number of nitrogens with one attached hydrogen (secondary N) is 2. The SMILES string of the molecule is CCNC(=NCCC(C)c1ccc(OC)cc1)NCCS(N)(=O)=O. The van der Waals surface area contributed by atoms with Gasteiger partial charge >= 0.3 is 0 Å². The molecule has 0 radical (unpaired) electrons. The van der Waals surface area contributed by atoms with Gasteiger partial charge in [-0.25, -0.2) is 13.6 Å². The Balaban J connectivity index is 2.49. The van der Waals surface area contributed by atoms with Crippen LogP contribution < -0.4 is 20.5 Å². The maximum atomic E-state index is 10.9. The van der Waals surface area contributed by atoms with Gasteiger partial charge in [0.05, 0.1) is 12.9 Å². The number of methoxy groups -OCH3 is 1. The largest absolute Gasteiger partial charge is 0.497 e. The van der Waals surface area contributed by atoms with Gasteiger partial charge < -0.3 is 15.4 Å². The first-order chi connectivity index (χ1) is 11.4. The molecule has 0 aliphatic heterocycles. The van der Waals surface area contributed by atoms with Crippen LogP contribution >= 0.6 is 0 Å². The molecule has 0 amide bonds. The minimum Gasteiger partial charge on any atom is -0.497 e. The molecule has 0 fully saturated rings. The number of nitrogens with zero attached hydrogens (tertiary/aromatic N) is 1. The van der Waals surface area contributed by atoms with Gasteiger partial charge in [-0.3, -0.25) is 4.99 Å². The third-order valence-corrected chi connectivity index (χ3v) is 4.31. The molecule has 0 aliphatic rings. The van der Waals surface area contributed by atoms with E-state index in [-0.39, 0.29) is 12.3 Å². The standard InChI is InChI=1S/C16H28N4O3S/c1-4-18-16(20-11-12-24(17,21)22)19-10-9-13(2)14-5-7-15(23-3)8-6-14/h5-8,13H,4,9-12H2,1-3H3,(H2,17,21,22)(H2,18,19,20). The maximum absolute atomic E-state index is 10.9. The summed E-state index contributed by atoms with van der Waals surface area (Å²) in [6.07, 6.45) is 0.887. The number of aliphatic imine (C=N–C) groups is 1. The molecule has 8 heteroatoms. The molecule has 0 saturated carbocycles. The first kappa shape index (κ1) is 20.2. The second-order valence-electron chi connectivity index (χ2n) is 5.52. The number of primary sulfonamides is 1. The van der Waals surface area contributed by atoms with Crippen molar-refractivity contribution in [3.05, 3.63) is 29.8 Å². The number of sulfonamides is 1. The second-order valence-corrected chi connectivity index (χ2v) is 7.25. The summed E-state index contributed by atoms with van der Waals surface area (Å²) >= 11 is 0. The fourth-order valence-electron chi connectivity index (χ4n) is 2.12. The summed E-state index contributed by atoms with van der Waals surface area (Å²) in [6.45, 7) is 5.68. The first-order valence-electron chi connectivity index (χ1n) is 8.02. The van der Waals surface area contributed by atoms with Gasteiger partial charge in [-0.1, -0.05) is 19.1 Å². The van der Waals surface area contributed by atoms with Crippen molar-refractivity contribution in [2.24, 2.45) is 10.1 Å². The molecule has 7 nitrogen and oxygen atoms in total. The van der Waals surface area contributed by atoms with E-state index >= 15 is 0 Å². The predicted octanol–water partition coefficient (Wildman–Crippen LogP) is 1.03. The molecule has 0 aromatic heterocycles. The fraction of sp³-hybridized carbons (Fsp3) is 0.562. The van der Waals surface area contributed by atoms with Crippen molar-refractivity contribution in [1.29, 1.82) is 0 Å². The Morgan fingerprint density at radius 3 is 2.50 bits per heavy atom. The second kappa shape index (κ2) is 10.1. The number of nitrogens with two attached hydrogens (primary N) is 1. The lowest BCUT2D eigenvalue weighted by Crippen LogP contribution is -2.40. The Bertz CT molecular complexity index is 615. The van der Waals surface area contributed by atoms with Crippen molar-refractivity contribution < 1.29 is 13.2 Å². The number of ether oxygens (including phenoxy) is 1. The Hall–Kier alpha value is -1.80. The molecule has 136 valence electrons. The molecule has 24 heavy (non-hydrogen) atoms. The van der Waals surface area contributed by atoms with Crippen molar-refractivity contribution in [3.8, 4) is 5.75 Å². The van der Waals surface area contributed by atoms with Crippen LogP contribution in [0.25, 0.3) is 0 Å². The van der Waals surface area contributed by atoms with Crippen LogP contribution in [0.1, 0.15) is 31.7 Å². The Morgan fingerprint density at radius 1 is 1.29 bits per heavy atom. The summed E-state index contributed by atoms with van der Waals surface area (Å²) in [5.74, 6) is 1.69. The van der Waals surface area contributed by atoms with Crippen molar-refractivity contribution in [2.45, 2.75) is 26.2 Å².